The van der Waals surface area contributed by atoms with Crippen molar-refractivity contribution < 1.29 is 14.2 Å². The van der Waals surface area contributed by atoms with Crippen molar-refractivity contribution in [2.24, 2.45) is 0 Å². The van der Waals surface area contributed by atoms with E-state index in [1.807, 2.05) is 0 Å². The van der Waals surface area contributed by atoms with Gasteiger partial charge >= 0.3 is 0 Å². The molecule has 3 nitrogen and oxygen atoms in total. The van der Waals surface area contributed by atoms with Crippen LogP contribution in [0.1, 0.15) is 0 Å². The van der Waals surface area contributed by atoms with Crippen molar-refractivity contribution in [2.45, 2.75) is 12.2 Å². The number of thiol groups is 1. The molecule has 2 rings (SSSR count). The van der Waals surface area contributed by atoms with Crippen LogP contribution >= 0.6 is 12.6 Å². The Kier molecular flexibility index (Phi) is 4.22. The van der Waals surface area contributed by atoms with Crippen molar-refractivity contribution in [3.8, 4) is 0 Å². The van der Waals surface area contributed by atoms with Gasteiger partial charge in [-0.3, -0.25) is 0 Å². The zero-order valence-corrected chi connectivity index (χ0v) is 7.55. The minimum absolute atomic E-state index is 0.392. The van der Waals surface area contributed by atoms with Crippen LogP contribution in [0.2, 0.25) is 0 Å². The van der Waals surface area contributed by atoms with E-state index in [2.05, 4.69) is 12.6 Å². The van der Waals surface area contributed by atoms with E-state index in [0.29, 0.717) is 12.2 Å². The third kappa shape index (κ3) is 4.63. The predicted molar refractivity (Wildman–Crippen MR) is 45.2 cm³/mol. The van der Waals surface area contributed by atoms with Gasteiger partial charge in [0.05, 0.1) is 26.4 Å². The van der Waals surface area contributed by atoms with Crippen molar-refractivity contribution >= 4 is 12.6 Å². The predicted octanol–water partition coefficient (Wildman–Crippen LogP) is 0.347. The van der Waals surface area contributed by atoms with E-state index < -0.39 is 0 Å². The fourth-order valence-corrected chi connectivity index (χ4v) is 0.659. The molecule has 0 radical (unpaired) electrons. The van der Waals surface area contributed by atoms with E-state index in [1.165, 1.54) is 0 Å². The van der Waals surface area contributed by atoms with Crippen LogP contribution in [-0.4, -0.2) is 44.9 Å². The lowest BCUT2D eigenvalue weighted by atomic mass is 10.5. The van der Waals surface area contributed by atoms with Crippen molar-refractivity contribution in [1.29, 1.82) is 0 Å². The molecule has 2 atom stereocenters. The molecule has 0 N–H and O–H groups in total. The highest BCUT2D eigenvalue weighted by Crippen LogP contribution is 2.12. The third-order valence-electron chi connectivity index (χ3n) is 1.41. The van der Waals surface area contributed by atoms with Crippen LogP contribution in [0.15, 0.2) is 0 Å². The maximum Gasteiger partial charge on any atom is 0.104 e. The maximum atomic E-state index is 5.23. The topological polar surface area (TPSA) is 34.3 Å². The van der Waals surface area contributed by atoms with Crippen molar-refractivity contribution in [3.05, 3.63) is 0 Å². The fourth-order valence-electron chi connectivity index (χ4n) is 0.659. The van der Waals surface area contributed by atoms with Crippen molar-refractivity contribution in [3.63, 3.8) is 0 Å². The Morgan fingerprint density at radius 1 is 1.18 bits per heavy atom. The summed E-state index contributed by atoms with van der Waals surface area (Å²) in [6.45, 7) is 3.26. The van der Waals surface area contributed by atoms with Crippen LogP contribution in [0.5, 0.6) is 0 Å². The van der Waals surface area contributed by atoms with Crippen LogP contribution in [0, 0.1) is 0 Å². The van der Waals surface area contributed by atoms with Crippen LogP contribution in [0.25, 0.3) is 0 Å². The Morgan fingerprint density at radius 3 is 1.82 bits per heavy atom. The molecule has 0 bridgehead atoms. The summed E-state index contributed by atoms with van der Waals surface area (Å²) in [6, 6.07) is 0. The van der Waals surface area contributed by atoms with Gasteiger partial charge in [-0.05, 0) is 6.26 Å². The van der Waals surface area contributed by atoms with Crippen molar-refractivity contribution in [2.75, 3.05) is 32.7 Å². The number of ether oxygens (including phenoxy) is 3. The molecule has 2 heterocycles. The molecule has 66 valence electrons. The Balaban J connectivity index is 0.000000281. The smallest absolute Gasteiger partial charge is 0.104 e. The number of hydrogen-bond acceptors (Lipinski definition) is 4. The average Bonchev–Trinajstić information content (AvgIpc) is 2.86. The Labute approximate surface area is 72.4 Å². The minimum atomic E-state index is 0.392. The second kappa shape index (κ2) is 4.98. The number of epoxide rings is 2. The zero-order valence-electron chi connectivity index (χ0n) is 6.66. The first-order valence-electron chi connectivity index (χ1n) is 3.71. The quantitative estimate of drug-likeness (QED) is 0.498. The molecule has 2 aliphatic rings. The van der Waals surface area contributed by atoms with Gasteiger partial charge in [-0.15, -0.1) is 0 Å². The molecular weight excluding hydrogens is 164 g/mol. The minimum Gasteiger partial charge on any atom is -0.376 e. The highest BCUT2D eigenvalue weighted by Gasteiger charge is 2.26. The summed E-state index contributed by atoms with van der Waals surface area (Å²) in [7, 11) is 0. The van der Waals surface area contributed by atoms with Gasteiger partial charge < -0.3 is 14.2 Å². The Hall–Kier alpha value is 0.230. The lowest BCUT2D eigenvalue weighted by molar-refractivity contribution is 0.102. The lowest BCUT2D eigenvalue weighted by Crippen LogP contribution is -2.06. The maximum absolute atomic E-state index is 5.23. The molecule has 0 aliphatic carbocycles. The molecule has 4 heteroatoms. The molecular formula is C7H14O3S. The zero-order chi connectivity index (χ0) is 8.10. The van der Waals surface area contributed by atoms with Gasteiger partial charge in [0, 0.05) is 0 Å². The summed E-state index contributed by atoms with van der Waals surface area (Å²) < 4.78 is 15.1. The van der Waals surface area contributed by atoms with E-state index >= 15 is 0 Å². The fraction of sp³-hybridized carbons (Fsp3) is 1.00. The summed E-state index contributed by atoms with van der Waals surface area (Å²) in [4.78, 5) is 0. The van der Waals surface area contributed by atoms with Gasteiger partial charge in [-0.1, -0.05) is 0 Å². The molecule has 2 saturated heterocycles. The van der Waals surface area contributed by atoms with Gasteiger partial charge in [0.2, 0.25) is 0 Å². The Bertz CT molecular complexity index is 89.9. The van der Waals surface area contributed by atoms with E-state index in [4.69, 9.17) is 14.2 Å². The summed E-state index contributed by atoms with van der Waals surface area (Å²) >= 11 is 3.53. The number of rotatable bonds is 4. The average molecular weight is 178 g/mol. The lowest BCUT2D eigenvalue weighted by Gasteiger charge is -1.95. The van der Waals surface area contributed by atoms with E-state index in [9.17, 15) is 0 Å². The first-order chi connectivity index (χ1) is 5.45. The molecule has 2 unspecified atom stereocenters. The highest BCUT2D eigenvalue weighted by molar-refractivity contribution is 7.79. The molecule has 11 heavy (non-hydrogen) atoms. The van der Waals surface area contributed by atoms with Crippen LogP contribution in [0.3, 0.4) is 0 Å². The Morgan fingerprint density at radius 2 is 1.55 bits per heavy atom. The second-order valence-corrected chi connectivity index (χ2v) is 2.45. The van der Waals surface area contributed by atoms with Gasteiger partial charge in [0.25, 0.3) is 0 Å². The first-order valence-corrected chi connectivity index (χ1v) is 4.60. The van der Waals surface area contributed by atoms with Crippen LogP contribution in [0.4, 0.5) is 0 Å². The molecule has 2 fully saturated rings. The monoisotopic (exact) mass is 178 g/mol. The van der Waals surface area contributed by atoms with Crippen LogP contribution in [-0.2, 0) is 14.2 Å². The third-order valence-corrected chi connectivity index (χ3v) is 1.41. The molecule has 0 spiro atoms. The molecule has 0 aromatic carbocycles. The highest BCUT2D eigenvalue weighted by atomic mass is 32.1. The van der Waals surface area contributed by atoms with E-state index in [0.717, 1.165) is 26.4 Å². The summed E-state index contributed by atoms with van der Waals surface area (Å²) in [5, 5.41) is 0. The standard InChI is InChI=1S/C6H10O3.CH4S/c1(5-3-8-5)7-2-6-4-9-6;1-2/h5-6H,1-4H2;2H,1H3. The van der Waals surface area contributed by atoms with Gasteiger partial charge in [0.1, 0.15) is 12.2 Å². The number of hydrogen-bond donors (Lipinski definition) is 1. The van der Waals surface area contributed by atoms with E-state index in [1.54, 1.807) is 6.26 Å². The van der Waals surface area contributed by atoms with Gasteiger partial charge in [0.15, 0.2) is 0 Å². The normalized spacial score (nSPS) is 32.2. The molecule has 0 amide bonds. The summed E-state index contributed by atoms with van der Waals surface area (Å²) in [6.07, 6.45) is 2.48. The summed E-state index contributed by atoms with van der Waals surface area (Å²) in [5.74, 6) is 0. The summed E-state index contributed by atoms with van der Waals surface area (Å²) in [5.41, 5.74) is 0. The molecule has 0 aromatic rings. The van der Waals surface area contributed by atoms with E-state index in [-0.39, 0.29) is 0 Å². The van der Waals surface area contributed by atoms with Crippen molar-refractivity contribution in [1.82, 2.24) is 0 Å². The van der Waals surface area contributed by atoms with Crippen LogP contribution < -0.4 is 0 Å². The SMILES string of the molecule is C(OCC1CO1)C1CO1.CS. The van der Waals surface area contributed by atoms with Gasteiger partial charge in [-0.25, -0.2) is 0 Å². The molecule has 0 saturated carbocycles. The molecule has 0 aromatic heterocycles. The van der Waals surface area contributed by atoms with Gasteiger partial charge in [-0.2, -0.15) is 12.6 Å². The first kappa shape index (κ1) is 9.32. The molecule has 2 aliphatic heterocycles. The second-order valence-electron chi connectivity index (χ2n) is 2.45. The largest absolute Gasteiger partial charge is 0.376 e.